The highest BCUT2D eigenvalue weighted by atomic mass is 16.3. The number of amides is 2. The number of nitrogens with zero attached hydrogens (tertiary/aromatic N) is 4. The lowest BCUT2D eigenvalue weighted by Gasteiger charge is -2.36. The molecule has 1 aromatic rings. The van der Waals surface area contributed by atoms with E-state index < -0.39 is 0 Å². The molecule has 2 rings (SSSR count). The highest BCUT2D eigenvalue weighted by Gasteiger charge is 2.21. The number of likely N-dealkylation sites (N-methyl/N-ethyl adjacent to an activating group) is 2. The quantitative estimate of drug-likeness (QED) is 0.825. The van der Waals surface area contributed by atoms with Crippen LogP contribution in [0.25, 0.3) is 0 Å². The maximum absolute atomic E-state index is 12.2. The van der Waals surface area contributed by atoms with Crippen LogP contribution in [-0.4, -0.2) is 92.0 Å². The Kier molecular flexibility index (Phi) is 6.03. The summed E-state index contributed by atoms with van der Waals surface area (Å²) in [4.78, 5) is 31.2. The summed E-state index contributed by atoms with van der Waals surface area (Å²) in [6, 6.07) is 7.16. The molecule has 7 heteroatoms. The van der Waals surface area contributed by atoms with E-state index in [4.69, 9.17) is 0 Å². The van der Waals surface area contributed by atoms with Gasteiger partial charge in [-0.2, -0.15) is 0 Å². The summed E-state index contributed by atoms with van der Waals surface area (Å²) in [6.45, 7) is 3.70. The van der Waals surface area contributed by atoms with E-state index in [-0.39, 0.29) is 24.1 Å². The van der Waals surface area contributed by atoms with Gasteiger partial charge >= 0.3 is 0 Å². The molecular weight excluding hydrogens is 308 g/mol. The van der Waals surface area contributed by atoms with Gasteiger partial charge in [0.25, 0.3) is 0 Å². The molecule has 1 N–H and O–H groups in total. The molecule has 1 saturated heterocycles. The summed E-state index contributed by atoms with van der Waals surface area (Å²) in [5, 5.41) is 9.35. The molecule has 1 heterocycles. The van der Waals surface area contributed by atoms with Crippen molar-refractivity contribution in [2.45, 2.75) is 0 Å². The van der Waals surface area contributed by atoms with Gasteiger partial charge in [0.1, 0.15) is 5.75 Å². The predicted octanol–water partition coefficient (Wildman–Crippen LogP) is 0.0608. The topological polar surface area (TPSA) is 67.3 Å². The first-order chi connectivity index (χ1) is 11.4. The molecule has 0 atom stereocenters. The van der Waals surface area contributed by atoms with Crippen LogP contribution >= 0.6 is 0 Å². The second kappa shape index (κ2) is 8.01. The Morgan fingerprint density at radius 3 is 2.12 bits per heavy atom. The Balaban J connectivity index is 1.79. The molecule has 0 unspecified atom stereocenters. The van der Waals surface area contributed by atoms with E-state index in [2.05, 4.69) is 9.80 Å². The van der Waals surface area contributed by atoms with Gasteiger partial charge in [-0.3, -0.25) is 14.5 Å². The number of phenolic OH excluding ortho intramolecular Hbond substituents is 1. The van der Waals surface area contributed by atoms with Gasteiger partial charge in [-0.25, -0.2) is 0 Å². The van der Waals surface area contributed by atoms with Gasteiger partial charge in [0.2, 0.25) is 11.8 Å². The van der Waals surface area contributed by atoms with Gasteiger partial charge in [-0.05, 0) is 24.3 Å². The van der Waals surface area contributed by atoms with E-state index in [1.54, 1.807) is 33.3 Å². The van der Waals surface area contributed by atoms with Crippen molar-refractivity contribution in [3.05, 3.63) is 24.3 Å². The summed E-state index contributed by atoms with van der Waals surface area (Å²) in [7, 11) is 5.03. The minimum Gasteiger partial charge on any atom is -0.508 e. The van der Waals surface area contributed by atoms with E-state index >= 15 is 0 Å². The molecule has 0 aliphatic carbocycles. The molecule has 24 heavy (non-hydrogen) atoms. The van der Waals surface area contributed by atoms with Crippen LogP contribution in [0, 0.1) is 0 Å². The molecule has 1 aromatic carbocycles. The maximum atomic E-state index is 12.2. The van der Waals surface area contributed by atoms with Crippen LogP contribution in [0.3, 0.4) is 0 Å². The summed E-state index contributed by atoms with van der Waals surface area (Å²) in [5.74, 6) is 0.143. The normalized spacial score (nSPS) is 15.2. The molecule has 0 bridgehead atoms. The number of phenols is 1. The Morgan fingerprint density at radius 1 is 1.00 bits per heavy atom. The average molecular weight is 334 g/mol. The third-order valence-corrected chi connectivity index (χ3v) is 4.24. The first-order valence-corrected chi connectivity index (χ1v) is 8.07. The van der Waals surface area contributed by atoms with Crippen molar-refractivity contribution in [1.82, 2.24) is 14.7 Å². The standard InChI is InChI=1S/C17H26N4O3/c1-18(2)16(23)12-19(3)17(24)13-20-8-10-21(11-9-20)14-4-6-15(22)7-5-14/h4-7,22H,8-13H2,1-3H3. The van der Waals surface area contributed by atoms with Crippen LogP contribution in [-0.2, 0) is 9.59 Å². The second-order valence-corrected chi connectivity index (χ2v) is 6.32. The predicted molar refractivity (Wildman–Crippen MR) is 93.1 cm³/mol. The van der Waals surface area contributed by atoms with E-state index in [0.717, 1.165) is 31.9 Å². The fourth-order valence-corrected chi connectivity index (χ4v) is 2.57. The number of hydrogen-bond acceptors (Lipinski definition) is 5. The molecule has 0 aromatic heterocycles. The number of anilines is 1. The van der Waals surface area contributed by atoms with E-state index in [1.165, 1.54) is 9.80 Å². The highest BCUT2D eigenvalue weighted by Crippen LogP contribution is 2.19. The van der Waals surface area contributed by atoms with Gasteiger partial charge in [0.15, 0.2) is 0 Å². The number of rotatable bonds is 5. The van der Waals surface area contributed by atoms with E-state index in [0.29, 0.717) is 6.54 Å². The van der Waals surface area contributed by atoms with Crippen molar-refractivity contribution >= 4 is 17.5 Å². The first-order valence-electron chi connectivity index (χ1n) is 8.07. The molecule has 2 amide bonds. The molecule has 1 aliphatic heterocycles. The molecule has 0 spiro atoms. The Labute approximate surface area is 143 Å². The summed E-state index contributed by atoms with van der Waals surface area (Å²) in [6.07, 6.45) is 0. The van der Waals surface area contributed by atoms with Crippen LogP contribution in [0.2, 0.25) is 0 Å². The molecular formula is C17H26N4O3. The average Bonchev–Trinajstić information content (AvgIpc) is 2.56. The van der Waals surface area contributed by atoms with Crippen LogP contribution < -0.4 is 4.90 Å². The molecule has 0 radical (unpaired) electrons. The van der Waals surface area contributed by atoms with Gasteiger partial charge < -0.3 is 19.8 Å². The number of aromatic hydroxyl groups is 1. The summed E-state index contributed by atoms with van der Waals surface area (Å²) in [5.41, 5.74) is 1.08. The minimum absolute atomic E-state index is 0.0386. The molecule has 1 fully saturated rings. The largest absolute Gasteiger partial charge is 0.508 e. The molecule has 7 nitrogen and oxygen atoms in total. The zero-order chi connectivity index (χ0) is 17.7. The SMILES string of the molecule is CN(C)C(=O)CN(C)C(=O)CN1CCN(c2ccc(O)cc2)CC1. The fourth-order valence-electron chi connectivity index (χ4n) is 2.57. The lowest BCUT2D eigenvalue weighted by atomic mass is 10.2. The van der Waals surface area contributed by atoms with Crippen molar-refractivity contribution < 1.29 is 14.7 Å². The third-order valence-electron chi connectivity index (χ3n) is 4.24. The zero-order valence-corrected chi connectivity index (χ0v) is 14.6. The highest BCUT2D eigenvalue weighted by molar-refractivity contribution is 5.85. The van der Waals surface area contributed by atoms with E-state index in [1.807, 2.05) is 12.1 Å². The van der Waals surface area contributed by atoms with Crippen molar-refractivity contribution in [2.24, 2.45) is 0 Å². The Bertz CT molecular complexity index is 566. The smallest absolute Gasteiger partial charge is 0.241 e. The number of piperazine rings is 1. The number of hydrogen-bond donors (Lipinski definition) is 1. The molecule has 0 saturated carbocycles. The zero-order valence-electron chi connectivity index (χ0n) is 14.6. The van der Waals surface area contributed by atoms with Crippen LogP contribution in [0.4, 0.5) is 5.69 Å². The minimum atomic E-state index is -0.0806. The van der Waals surface area contributed by atoms with Gasteiger partial charge in [0.05, 0.1) is 13.1 Å². The fraction of sp³-hybridized carbons (Fsp3) is 0.529. The summed E-state index contributed by atoms with van der Waals surface area (Å²) >= 11 is 0. The number of benzene rings is 1. The van der Waals surface area contributed by atoms with Crippen LogP contribution in [0.1, 0.15) is 0 Å². The van der Waals surface area contributed by atoms with Crippen molar-refractivity contribution in [3.63, 3.8) is 0 Å². The van der Waals surface area contributed by atoms with Crippen LogP contribution in [0.5, 0.6) is 5.75 Å². The van der Waals surface area contributed by atoms with Gasteiger partial charge in [-0.1, -0.05) is 0 Å². The maximum Gasteiger partial charge on any atom is 0.241 e. The van der Waals surface area contributed by atoms with Crippen molar-refractivity contribution in [2.75, 3.05) is 65.3 Å². The third kappa shape index (κ3) is 4.86. The Morgan fingerprint density at radius 2 is 1.58 bits per heavy atom. The van der Waals surface area contributed by atoms with Crippen molar-refractivity contribution in [1.29, 1.82) is 0 Å². The lowest BCUT2D eigenvalue weighted by Crippen LogP contribution is -2.50. The number of carbonyl (C=O) groups excluding carboxylic acids is 2. The van der Waals surface area contributed by atoms with Gasteiger partial charge in [0, 0.05) is 53.0 Å². The van der Waals surface area contributed by atoms with Crippen LogP contribution in [0.15, 0.2) is 24.3 Å². The van der Waals surface area contributed by atoms with Crippen molar-refractivity contribution in [3.8, 4) is 5.75 Å². The second-order valence-electron chi connectivity index (χ2n) is 6.32. The van der Waals surface area contributed by atoms with Gasteiger partial charge in [-0.15, -0.1) is 0 Å². The number of carbonyl (C=O) groups is 2. The summed E-state index contributed by atoms with van der Waals surface area (Å²) < 4.78 is 0. The Hall–Kier alpha value is -2.28. The molecule has 132 valence electrons. The first kappa shape index (κ1) is 18.1. The van der Waals surface area contributed by atoms with E-state index in [9.17, 15) is 14.7 Å². The monoisotopic (exact) mass is 334 g/mol. The molecule has 1 aliphatic rings. The lowest BCUT2D eigenvalue weighted by molar-refractivity contribution is -0.138.